The summed E-state index contributed by atoms with van der Waals surface area (Å²) in [6, 6.07) is 3.76. The number of nitrogens with two attached hydrogens (primary N) is 1. The van der Waals surface area contributed by atoms with Crippen LogP contribution in [-0.2, 0) is 6.42 Å². The fourth-order valence-corrected chi connectivity index (χ4v) is 1.67. The molecule has 0 saturated heterocycles. The van der Waals surface area contributed by atoms with Gasteiger partial charge in [0.1, 0.15) is 5.82 Å². The Morgan fingerprint density at radius 1 is 1.35 bits per heavy atom. The second-order valence-electron chi connectivity index (χ2n) is 3.51. The molecule has 2 N–H and O–H groups in total. The summed E-state index contributed by atoms with van der Waals surface area (Å²) in [4.78, 5) is 8.61. The molecule has 0 fully saturated rings. The first-order valence-corrected chi connectivity index (χ1v) is 5.67. The van der Waals surface area contributed by atoms with Gasteiger partial charge in [-0.2, -0.15) is 0 Å². The van der Waals surface area contributed by atoms with Gasteiger partial charge < -0.3 is 10.5 Å². The van der Waals surface area contributed by atoms with E-state index in [2.05, 4.69) is 9.97 Å². The molecule has 17 heavy (non-hydrogen) atoms. The van der Waals surface area contributed by atoms with E-state index in [1.807, 2.05) is 29.8 Å². The molecule has 0 aliphatic heterocycles. The molecule has 0 saturated carbocycles. The molecule has 5 nitrogen and oxygen atoms in total. The predicted octanol–water partition coefficient (Wildman–Crippen LogP) is 1.17. The topological polar surface area (TPSA) is 66.0 Å². The summed E-state index contributed by atoms with van der Waals surface area (Å²) in [6.07, 6.45) is 6.07. The molecule has 0 atom stereocenters. The van der Waals surface area contributed by atoms with Crippen molar-refractivity contribution in [3.8, 4) is 11.6 Å². The lowest BCUT2D eigenvalue weighted by Gasteiger charge is -2.11. The van der Waals surface area contributed by atoms with Crippen LogP contribution < -0.4 is 10.5 Å². The van der Waals surface area contributed by atoms with E-state index in [0.29, 0.717) is 13.2 Å². The van der Waals surface area contributed by atoms with Gasteiger partial charge in [-0.25, -0.2) is 9.97 Å². The second kappa shape index (κ2) is 5.45. The van der Waals surface area contributed by atoms with Gasteiger partial charge in [0, 0.05) is 25.0 Å². The molecule has 0 aromatic carbocycles. The Hall–Kier alpha value is -1.88. The highest BCUT2D eigenvalue weighted by Crippen LogP contribution is 2.21. The molecule has 5 heteroatoms. The minimum Gasteiger partial charge on any atom is -0.490 e. The molecular formula is C12H16N4O. The zero-order valence-corrected chi connectivity index (χ0v) is 9.84. The second-order valence-corrected chi connectivity index (χ2v) is 3.51. The number of rotatable bonds is 5. The summed E-state index contributed by atoms with van der Waals surface area (Å²) >= 11 is 0. The summed E-state index contributed by atoms with van der Waals surface area (Å²) in [6.45, 7) is 3.12. The smallest absolute Gasteiger partial charge is 0.181 e. The van der Waals surface area contributed by atoms with E-state index in [9.17, 15) is 0 Å². The number of ether oxygens (including phenoxy) is 1. The minimum absolute atomic E-state index is 0.563. The van der Waals surface area contributed by atoms with Gasteiger partial charge in [-0.15, -0.1) is 0 Å². The van der Waals surface area contributed by atoms with Crippen molar-refractivity contribution in [3.05, 3.63) is 36.5 Å². The first-order chi connectivity index (χ1) is 8.36. The number of nitrogens with zero attached hydrogens (tertiary/aromatic N) is 3. The zero-order chi connectivity index (χ0) is 12.1. The molecule has 0 aliphatic carbocycles. The van der Waals surface area contributed by atoms with Gasteiger partial charge in [-0.3, -0.25) is 4.57 Å². The van der Waals surface area contributed by atoms with Crippen molar-refractivity contribution >= 4 is 0 Å². The first-order valence-electron chi connectivity index (χ1n) is 5.67. The molecule has 2 aromatic rings. The standard InChI is InChI=1S/C12H16N4O/c1-2-17-10-4-3-7-15-12(10)16-9-8-14-11(16)5-6-13/h3-4,7-9H,2,5-6,13H2,1H3. The molecule has 90 valence electrons. The van der Waals surface area contributed by atoms with Crippen LogP contribution in [0.5, 0.6) is 5.75 Å². The van der Waals surface area contributed by atoms with Gasteiger partial charge in [-0.05, 0) is 25.6 Å². The van der Waals surface area contributed by atoms with Gasteiger partial charge >= 0.3 is 0 Å². The summed E-state index contributed by atoms with van der Waals surface area (Å²) in [5.74, 6) is 2.41. The average molecular weight is 232 g/mol. The third kappa shape index (κ3) is 2.45. The maximum Gasteiger partial charge on any atom is 0.181 e. The molecule has 0 spiro atoms. The van der Waals surface area contributed by atoms with Crippen LogP contribution in [0.4, 0.5) is 0 Å². The summed E-state index contributed by atoms with van der Waals surface area (Å²) in [5.41, 5.74) is 5.56. The number of hydrogen-bond acceptors (Lipinski definition) is 4. The highest BCUT2D eigenvalue weighted by atomic mass is 16.5. The molecular weight excluding hydrogens is 216 g/mol. The maximum atomic E-state index is 5.56. The lowest BCUT2D eigenvalue weighted by molar-refractivity contribution is 0.337. The quantitative estimate of drug-likeness (QED) is 0.840. The van der Waals surface area contributed by atoms with Gasteiger partial charge in [0.05, 0.1) is 6.61 Å². The van der Waals surface area contributed by atoms with Crippen LogP contribution in [0.3, 0.4) is 0 Å². The Balaban J connectivity index is 2.41. The van der Waals surface area contributed by atoms with Crippen molar-refractivity contribution in [2.24, 2.45) is 5.73 Å². The van der Waals surface area contributed by atoms with E-state index in [4.69, 9.17) is 10.5 Å². The largest absolute Gasteiger partial charge is 0.490 e. The lowest BCUT2D eigenvalue weighted by Crippen LogP contribution is -2.10. The van der Waals surface area contributed by atoms with E-state index in [1.165, 1.54) is 0 Å². The van der Waals surface area contributed by atoms with Crippen LogP contribution >= 0.6 is 0 Å². The molecule has 0 unspecified atom stereocenters. The Kier molecular flexibility index (Phi) is 3.72. The fraction of sp³-hybridized carbons (Fsp3) is 0.333. The van der Waals surface area contributed by atoms with Crippen LogP contribution in [0.2, 0.25) is 0 Å². The van der Waals surface area contributed by atoms with E-state index in [-0.39, 0.29) is 0 Å². The Bertz CT molecular complexity index is 481. The summed E-state index contributed by atoms with van der Waals surface area (Å²) in [5, 5.41) is 0. The maximum absolute atomic E-state index is 5.56. The van der Waals surface area contributed by atoms with Gasteiger partial charge in [-0.1, -0.05) is 0 Å². The van der Waals surface area contributed by atoms with Crippen LogP contribution in [-0.4, -0.2) is 27.7 Å². The van der Waals surface area contributed by atoms with Crippen LogP contribution in [0.25, 0.3) is 5.82 Å². The molecule has 0 amide bonds. The zero-order valence-electron chi connectivity index (χ0n) is 9.84. The van der Waals surface area contributed by atoms with Gasteiger partial charge in [0.2, 0.25) is 0 Å². The third-order valence-corrected chi connectivity index (χ3v) is 2.36. The van der Waals surface area contributed by atoms with Crippen molar-refractivity contribution < 1.29 is 4.74 Å². The Morgan fingerprint density at radius 3 is 3.00 bits per heavy atom. The minimum atomic E-state index is 0.563. The molecule has 0 bridgehead atoms. The first kappa shape index (κ1) is 11.6. The van der Waals surface area contributed by atoms with Gasteiger partial charge in [0.25, 0.3) is 0 Å². The van der Waals surface area contributed by atoms with Crippen LogP contribution in [0.15, 0.2) is 30.7 Å². The number of imidazole rings is 1. The monoisotopic (exact) mass is 232 g/mol. The van der Waals surface area contributed by atoms with Crippen molar-refractivity contribution in [1.29, 1.82) is 0 Å². The average Bonchev–Trinajstić information content (AvgIpc) is 2.79. The summed E-state index contributed by atoms with van der Waals surface area (Å²) < 4.78 is 7.47. The van der Waals surface area contributed by atoms with E-state index in [0.717, 1.165) is 23.8 Å². The van der Waals surface area contributed by atoms with Crippen molar-refractivity contribution in [2.75, 3.05) is 13.2 Å². The normalized spacial score (nSPS) is 10.5. The van der Waals surface area contributed by atoms with E-state index in [1.54, 1.807) is 12.4 Å². The molecule has 2 heterocycles. The molecule has 2 aromatic heterocycles. The van der Waals surface area contributed by atoms with Crippen molar-refractivity contribution in [2.45, 2.75) is 13.3 Å². The molecule has 0 aliphatic rings. The number of aromatic nitrogens is 3. The van der Waals surface area contributed by atoms with Crippen molar-refractivity contribution in [1.82, 2.24) is 14.5 Å². The number of pyridine rings is 1. The SMILES string of the molecule is CCOc1cccnc1-n1ccnc1CCN. The third-order valence-electron chi connectivity index (χ3n) is 2.36. The lowest BCUT2D eigenvalue weighted by atomic mass is 10.3. The highest BCUT2D eigenvalue weighted by Gasteiger charge is 2.10. The van der Waals surface area contributed by atoms with Crippen molar-refractivity contribution in [3.63, 3.8) is 0 Å². The highest BCUT2D eigenvalue weighted by molar-refractivity contribution is 5.40. The number of hydrogen-bond donors (Lipinski definition) is 1. The molecule has 2 rings (SSSR count). The van der Waals surface area contributed by atoms with Crippen LogP contribution in [0.1, 0.15) is 12.7 Å². The van der Waals surface area contributed by atoms with Crippen LogP contribution in [0, 0.1) is 0 Å². The van der Waals surface area contributed by atoms with Gasteiger partial charge in [0.15, 0.2) is 11.6 Å². The Morgan fingerprint density at radius 2 is 2.24 bits per heavy atom. The fourth-order valence-electron chi connectivity index (χ4n) is 1.67. The predicted molar refractivity (Wildman–Crippen MR) is 65.3 cm³/mol. The Labute approximate surface area is 100 Å². The van der Waals surface area contributed by atoms with E-state index >= 15 is 0 Å². The summed E-state index contributed by atoms with van der Waals surface area (Å²) in [7, 11) is 0. The van der Waals surface area contributed by atoms with E-state index < -0.39 is 0 Å². The molecule has 0 radical (unpaired) electrons.